The summed E-state index contributed by atoms with van der Waals surface area (Å²) in [5.74, 6) is -2.11. The van der Waals surface area contributed by atoms with Gasteiger partial charge >= 0.3 is 6.18 Å². The van der Waals surface area contributed by atoms with E-state index in [1.807, 2.05) is 0 Å². The highest BCUT2D eigenvalue weighted by molar-refractivity contribution is 5.65. The Hall–Kier alpha value is -2.18. The van der Waals surface area contributed by atoms with E-state index in [2.05, 4.69) is 4.98 Å². The van der Waals surface area contributed by atoms with Crippen LogP contribution in [0.2, 0.25) is 0 Å². The molecule has 0 saturated carbocycles. The minimum atomic E-state index is -4.64. The second-order valence-corrected chi connectivity index (χ2v) is 3.73. The van der Waals surface area contributed by atoms with Crippen molar-refractivity contribution in [3.8, 4) is 11.3 Å². The van der Waals surface area contributed by atoms with E-state index in [-0.39, 0.29) is 11.3 Å². The van der Waals surface area contributed by atoms with Crippen molar-refractivity contribution in [1.29, 1.82) is 0 Å². The van der Waals surface area contributed by atoms with Gasteiger partial charge < -0.3 is 5.73 Å². The smallest absolute Gasteiger partial charge is 0.394 e. The summed E-state index contributed by atoms with van der Waals surface area (Å²) < 4.78 is 64.1. The van der Waals surface area contributed by atoms with E-state index in [0.717, 1.165) is 24.3 Å². The molecule has 0 amide bonds. The zero-order valence-electron chi connectivity index (χ0n) is 9.30. The number of hydrogen-bond acceptors (Lipinski definition) is 2. The van der Waals surface area contributed by atoms with Crippen molar-refractivity contribution in [2.45, 2.75) is 6.18 Å². The number of alkyl halides is 3. The fraction of sp³-hybridized carbons (Fsp3) is 0.0833. The minimum absolute atomic E-state index is 0.265. The molecule has 1 aromatic carbocycles. The number of benzene rings is 1. The number of nitrogens with two attached hydrogens (primary N) is 1. The van der Waals surface area contributed by atoms with Crippen LogP contribution in [0.15, 0.2) is 30.3 Å². The van der Waals surface area contributed by atoms with E-state index in [1.54, 1.807) is 0 Å². The molecule has 19 heavy (non-hydrogen) atoms. The van der Waals surface area contributed by atoms with Gasteiger partial charge in [0.2, 0.25) is 0 Å². The summed E-state index contributed by atoms with van der Waals surface area (Å²) in [4.78, 5) is 3.30. The quantitative estimate of drug-likeness (QED) is 0.637. The fourth-order valence-electron chi connectivity index (χ4n) is 1.51. The van der Waals surface area contributed by atoms with Gasteiger partial charge in [0.05, 0.1) is 5.69 Å². The molecule has 0 fully saturated rings. The third kappa shape index (κ3) is 2.49. The van der Waals surface area contributed by atoms with Gasteiger partial charge in [-0.1, -0.05) is 6.07 Å². The van der Waals surface area contributed by atoms with E-state index in [4.69, 9.17) is 5.73 Å². The third-order valence-electron chi connectivity index (χ3n) is 2.44. The molecule has 2 rings (SSSR count). The summed E-state index contributed by atoms with van der Waals surface area (Å²) in [6, 6.07) is 4.89. The monoisotopic (exact) mass is 274 g/mol. The number of rotatable bonds is 1. The summed E-state index contributed by atoms with van der Waals surface area (Å²) >= 11 is 0. The van der Waals surface area contributed by atoms with Crippen LogP contribution >= 0.6 is 0 Å². The molecule has 0 atom stereocenters. The van der Waals surface area contributed by atoms with Crippen LogP contribution in [0, 0.1) is 11.6 Å². The van der Waals surface area contributed by atoms with Crippen molar-refractivity contribution in [1.82, 2.24) is 4.98 Å². The normalized spacial score (nSPS) is 11.6. The topological polar surface area (TPSA) is 38.9 Å². The van der Waals surface area contributed by atoms with Crippen LogP contribution in [0.4, 0.5) is 27.6 Å². The lowest BCUT2D eigenvalue weighted by Crippen LogP contribution is -2.08. The first-order chi connectivity index (χ1) is 8.80. The average molecular weight is 274 g/mol. The van der Waals surface area contributed by atoms with Gasteiger partial charge in [-0.3, -0.25) is 0 Å². The van der Waals surface area contributed by atoms with Crippen molar-refractivity contribution >= 4 is 5.69 Å². The van der Waals surface area contributed by atoms with E-state index >= 15 is 0 Å². The number of pyridine rings is 1. The predicted molar refractivity (Wildman–Crippen MR) is 59.0 cm³/mol. The molecule has 1 heterocycles. The Morgan fingerprint density at radius 1 is 1.00 bits per heavy atom. The van der Waals surface area contributed by atoms with E-state index in [1.165, 1.54) is 6.07 Å². The van der Waals surface area contributed by atoms with Crippen LogP contribution in [0.1, 0.15) is 5.69 Å². The lowest BCUT2D eigenvalue weighted by molar-refractivity contribution is -0.141. The molecule has 2 aromatic rings. The summed E-state index contributed by atoms with van der Waals surface area (Å²) in [6.45, 7) is 0. The third-order valence-corrected chi connectivity index (χ3v) is 2.44. The van der Waals surface area contributed by atoms with Gasteiger partial charge in [0.1, 0.15) is 17.2 Å². The molecule has 0 spiro atoms. The Morgan fingerprint density at radius 3 is 2.32 bits per heavy atom. The van der Waals surface area contributed by atoms with Crippen LogP contribution in [0.3, 0.4) is 0 Å². The second-order valence-electron chi connectivity index (χ2n) is 3.73. The van der Waals surface area contributed by atoms with Crippen LogP contribution < -0.4 is 5.73 Å². The minimum Gasteiger partial charge on any atom is -0.394 e. The average Bonchev–Trinajstić information content (AvgIpc) is 2.35. The van der Waals surface area contributed by atoms with E-state index in [0.29, 0.717) is 0 Å². The standard InChI is InChI=1S/C12H7F5N2/c13-7-5-4-6(10(14)11(7)18)8-2-1-3-9(19-8)12(15,16)17/h1-5H,18H2. The first-order valence-electron chi connectivity index (χ1n) is 5.09. The summed E-state index contributed by atoms with van der Waals surface area (Å²) in [7, 11) is 0. The summed E-state index contributed by atoms with van der Waals surface area (Å²) in [5, 5.41) is 0. The molecule has 0 aliphatic carbocycles. The van der Waals surface area contributed by atoms with Gasteiger partial charge in [-0.2, -0.15) is 13.2 Å². The second kappa shape index (κ2) is 4.49. The Labute approximate surface area is 104 Å². The number of hydrogen-bond donors (Lipinski definition) is 1. The van der Waals surface area contributed by atoms with Gasteiger partial charge in [0.25, 0.3) is 0 Å². The Balaban J connectivity index is 2.57. The van der Waals surface area contributed by atoms with Crippen LogP contribution in [0.5, 0.6) is 0 Å². The summed E-state index contributed by atoms with van der Waals surface area (Å²) in [5.41, 5.74) is 2.68. The van der Waals surface area contributed by atoms with Crippen LogP contribution in [-0.2, 0) is 6.18 Å². The van der Waals surface area contributed by atoms with Crippen molar-refractivity contribution < 1.29 is 22.0 Å². The number of nitrogen functional groups attached to an aromatic ring is 1. The molecule has 0 aliphatic heterocycles. The van der Waals surface area contributed by atoms with Gasteiger partial charge in [0.15, 0.2) is 5.82 Å². The number of nitrogens with zero attached hydrogens (tertiary/aromatic N) is 1. The molecule has 0 bridgehead atoms. The van der Waals surface area contributed by atoms with Crippen molar-refractivity contribution in [3.63, 3.8) is 0 Å². The first kappa shape index (κ1) is 13.3. The molecule has 0 saturated heterocycles. The Morgan fingerprint density at radius 2 is 1.68 bits per heavy atom. The van der Waals surface area contributed by atoms with Crippen molar-refractivity contribution in [3.05, 3.63) is 47.7 Å². The maximum Gasteiger partial charge on any atom is 0.433 e. The maximum absolute atomic E-state index is 13.7. The molecule has 0 radical (unpaired) electrons. The molecular formula is C12H7F5N2. The van der Waals surface area contributed by atoms with Crippen molar-refractivity contribution in [2.75, 3.05) is 5.73 Å². The Kier molecular flexibility index (Phi) is 3.13. The molecular weight excluding hydrogens is 267 g/mol. The van der Waals surface area contributed by atoms with Gasteiger partial charge in [0, 0.05) is 5.56 Å². The molecule has 0 aliphatic rings. The largest absolute Gasteiger partial charge is 0.433 e. The molecule has 100 valence electrons. The van der Waals surface area contributed by atoms with Gasteiger partial charge in [-0.05, 0) is 24.3 Å². The molecule has 0 unspecified atom stereocenters. The highest BCUT2D eigenvalue weighted by Crippen LogP contribution is 2.31. The zero-order valence-corrected chi connectivity index (χ0v) is 9.30. The number of halogens is 5. The van der Waals surface area contributed by atoms with Crippen LogP contribution in [-0.4, -0.2) is 4.98 Å². The van der Waals surface area contributed by atoms with E-state index in [9.17, 15) is 22.0 Å². The zero-order chi connectivity index (χ0) is 14.2. The molecule has 1 aromatic heterocycles. The number of anilines is 1. The lowest BCUT2D eigenvalue weighted by atomic mass is 10.1. The highest BCUT2D eigenvalue weighted by Gasteiger charge is 2.32. The van der Waals surface area contributed by atoms with Gasteiger partial charge in [-0.15, -0.1) is 0 Å². The number of aromatic nitrogens is 1. The highest BCUT2D eigenvalue weighted by atomic mass is 19.4. The maximum atomic E-state index is 13.7. The fourth-order valence-corrected chi connectivity index (χ4v) is 1.51. The Bertz CT molecular complexity index is 622. The first-order valence-corrected chi connectivity index (χ1v) is 5.09. The molecule has 2 N–H and O–H groups in total. The molecule has 7 heteroatoms. The van der Waals surface area contributed by atoms with Crippen LogP contribution in [0.25, 0.3) is 11.3 Å². The van der Waals surface area contributed by atoms with Gasteiger partial charge in [-0.25, -0.2) is 13.8 Å². The van der Waals surface area contributed by atoms with Crippen molar-refractivity contribution in [2.24, 2.45) is 0 Å². The lowest BCUT2D eigenvalue weighted by Gasteiger charge is -2.09. The summed E-state index contributed by atoms with van der Waals surface area (Å²) in [6.07, 6.45) is -4.64. The predicted octanol–water partition coefficient (Wildman–Crippen LogP) is 3.63. The van der Waals surface area contributed by atoms with E-state index < -0.39 is 29.2 Å². The molecule has 2 nitrogen and oxygen atoms in total. The SMILES string of the molecule is Nc1c(F)ccc(-c2cccc(C(F)(F)F)n2)c1F.